The SMILES string of the molecule is COCCC1(CN2C(=O)C=C(C)C2=O)CC1. The predicted molar refractivity (Wildman–Crippen MR) is 58.6 cm³/mol. The van der Waals surface area contributed by atoms with E-state index in [1.54, 1.807) is 14.0 Å². The first kappa shape index (κ1) is 11.3. The van der Waals surface area contributed by atoms with E-state index in [1.807, 2.05) is 0 Å². The van der Waals surface area contributed by atoms with E-state index in [2.05, 4.69) is 0 Å². The second-order valence-electron chi connectivity index (χ2n) is 4.80. The van der Waals surface area contributed by atoms with Crippen LogP contribution in [0.3, 0.4) is 0 Å². The number of nitrogens with zero attached hydrogens (tertiary/aromatic N) is 1. The fourth-order valence-electron chi connectivity index (χ4n) is 2.11. The molecule has 2 aliphatic rings. The van der Waals surface area contributed by atoms with Gasteiger partial charge in [0.25, 0.3) is 11.8 Å². The first-order chi connectivity index (χ1) is 7.58. The van der Waals surface area contributed by atoms with Gasteiger partial charge in [-0.3, -0.25) is 14.5 Å². The third kappa shape index (κ3) is 2.02. The Hall–Kier alpha value is -1.16. The molecule has 1 aliphatic carbocycles. The van der Waals surface area contributed by atoms with Gasteiger partial charge >= 0.3 is 0 Å². The van der Waals surface area contributed by atoms with Crippen LogP contribution in [0.15, 0.2) is 11.6 Å². The summed E-state index contributed by atoms with van der Waals surface area (Å²) in [7, 11) is 1.67. The number of imide groups is 1. The van der Waals surface area contributed by atoms with Crippen molar-refractivity contribution < 1.29 is 14.3 Å². The number of methoxy groups -OCH3 is 1. The molecule has 0 N–H and O–H groups in total. The Morgan fingerprint density at radius 2 is 2.12 bits per heavy atom. The number of hydrogen-bond acceptors (Lipinski definition) is 3. The number of carbonyl (C=O) groups excluding carboxylic acids is 2. The third-order valence-corrected chi connectivity index (χ3v) is 3.48. The molecule has 0 radical (unpaired) electrons. The number of amides is 2. The molecule has 1 saturated carbocycles. The summed E-state index contributed by atoms with van der Waals surface area (Å²) in [6.45, 7) is 2.94. The van der Waals surface area contributed by atoms with E-state index in [4.69, 9.17) is 4.74 Å². The summed E-state index contributed by atoms with van der Waals surface area (Å²) >= 11 is 0. The highest BCUT2D eigenvalue weighted by molar-refractivity contribution is 6.15. The summed E-state index contributed by atoms with van der Waals surface area (Å²) in [4.78, 5) is 24.6. The summed E-state index contributed by atoms with van der Waals surface area (Å²) < 4.78 is 5.06. The zero-order valence-corrected chi connectivity index (χ0v) is 9.78. The summed E-state index contributed by atoms with van der Waals surface area (Å²) in [6.07, 6.45) is 4.53. The monoisotopic (exact) mass is 223 g/mol. The fraction of sp³-hybridized carbons (Fsp3) is 0.667. The number of ether oxygens (including phenoxy) is 1. The van der Waals surface area contributed by atoms with E-state index >= 15 is 0 Å². The lowest BCUT2D eigenvalue weighted by Gasteiger charge is -2.21. The Balaban J connectivity index is 1.96. The van der Waals surface area contributed by atoms with Crippen molar-refractivity contribution in [3.8, 4) is 0 Å². The van der Waals surface area contributed by atoms with Crippen LogP contribution in [0.4, 0.5) is 0 Å². The summed E-state index contributed by atoms with van der Waals surface area (Å²) in [5.41, 5.74) is 0.687. The van der Waals surface area contributed by atoms with Crippen molar-refractivity contribution in [2.75, 3.05) is 20.3 Å². The Bertz CT molecular complexity index is 355. The second-order valence-corrected chi connectivity index (χ2v) is 4.80. The maximum absolute atomic E-state index is 11.7. The zero-order valence-electron chi connectivity index (χ0n) is 9.78. The Morgan fingerprint density at radius 1 is 1.44 bits per heavy atom. The Kier molecular flexibility index (Phi) is 2.84. The lowest BCUT2D eigenvalue weighted by atomic mass is 10.0. The maximum Gasteiger partial charge on any atom is 0.256 e. The molecule has 1 aliphatic heterocycles. The van der Waals surface area contributed by atoms with Crippen LogP contribution in [0.25, 0.3) is 0 Å². The fourth-order valence-corrected chi connectivity index (χ4v) is 2.11. The van der Waals surface area contributed by atoms with Crippen LogP contribution in [0, 0.1) is 5.41 Å². The van der Waals surface area contributed by atoms with Gasteiger partial charge in [0.15, 0.2) is 0 Å². The molecule has 0 bridgehead atoms. The van der Waals surface area contributed by atoms with Gasteiger partial charge in [0.05, 0.1) is 0 Å². The van der Waals surface area contributed by atoms with Crippen LogP contribution in [0.1, 0.15) is 26.2 Å². The molecule has 1 heterocycles. The van der Waals surface area contributed by atoms with Crippen LogP contribution in [0.5, 0.6) is 0 Å². The number of carbonyl (C=O) groups is 2. The van der Waals surface area contributed by atoms with Crippen LogP contribution >= 0.6 is 0 Å². The average molecular weight is 223 g/mol. The van der Waals surface area contributed by atoms with Crippen LogP contribution in [0.2, 0.25) is 0 Å². The normalized spacial score (nSPS) is 22.6. The topological polar surface area (TPSA) is 46.6 Å². The van der Waals surface area contributed by atoms with E-state index in [1.165, 1.54) is 11.0 Å². The van der Waals surface area contributed by atoms with Crippen LogP contribution in [-0.4, -0.2) is 37.0 Å². The standard InChI is InChI=1S/C12H17NO3/c1-9-7-10(14)13(11(9)15)8-12(3-4-12)5-6-16-2/h7H,3-6,8H2,1-2H3. The van der Waals surface area contributed by atoms with Crippen molar-refractivity contribution in [3.05, 3.63) is 11.6 Å². The predicted octanol–water partition coefficient (Wildman–Crippen LogP) is 1.12. The quantitative estimate of drug-likeness (QED) is 0.656. The molecule has 16 heavy (non-hydrogen) atoms. The zero-order chi connectivity index (χ0) is 11.8. The number of hydrogen-bond donors (Lipinski definition) is 0. The molecule has 88 valence electrons. The molecule has 0 saturated heterocycles. The van der Waals surface area contributed by atoms with Gasteiger partial charge in [-0.2, -0.15) is 0 Å². The van der Waals surface area contributed by atoms with E-state index in [9.17, 15) is 9.59 Å². The Morgan fingerprint density at radius 3 is 2.56 bits per heavy atom. The third-order valence-electron chi connectivity index (χ3n) is 3.48. The highest BCUT2D eigenvalue weighted by Crippen LogP contribution is 2.49. The lowest BCUT2D eigenvalue weighted by Crippen LogP contribution is -2.36. The van der Waals surface area contributed by atoms with E-state index in [0.717, 1.165) is 19.3 Å². The van der Waals surface area contributed by atoms with Crippen molar-refractivity contribution in [2.24, 2.45) is 5.41 Å². The first-order valence-electron chi connectivity index (χ1n) is 5.61. The van der Waals surface area contributed by atoms with E-state index in [0.29, 0.717) is 18.7 Å². The highest BCUT2D eigenvalue weighted by atomic mass is 16.5. The number of rotatable bonds is 5. The highest BCUT2D eigenvalue weighted by Gasteiger charge is 2.46. The summed E-state index contributed by atoms with van der Waals surface area (Å²) in [6, 6.07) is 0. The molecule has 0 spiro atoms. The van der Waals surface area contributed by atoms with Gasteiger partial charge in [-0.15, -0.1) is 0 Å². The molecule has 2 amide bonds. The van der Waals surface area contributed by atoms with Crippen molar-refractivity contribution in [1.82, 2.24) is 4.90 Å². The second kappa shape index (κ2) is 4.01. The van der Waals surface area contributed by atoms with Gasteiger partial charge in [-0.05, 0) is 31.6 Å². The van der Waals surface area contributed by atoms with Gasteiger partial charge in [-0.1, -0.05) is 0 Å². The minimum Gasteiger partial charge on any atom is -0.385 e. The van der Waals surface area contributed by atoms with Crippen LogP contribution in [-0.2, 0) is 14.3 Å². The lowest BCUT2D eigenvalue weighted by molar-refractivity contribution is -0.138. The van der Waals surface area contributed by atoms with Crippen molar-refractivity contribution >= 4 is 11.8 Å². The molecule has 1 fully saturated rings. The Labute approximate surface area is 95.2 Å². The minimum absolute atomic E-state index is 0.131. The molecule has 0 aromatic carbocycles. The van der Waals surface area contributed by atoms with Gasteiger partial charge < -0.3 is 4.74 Å². The molecule has 0 aromatic rings. The molecule has 4 nitrogen and oxygen atoms in total. The molecular weight excluding hydrogens is 206 g/mol. The molecule has 2 rings (SSSR count). The maximum atomic E-state index is 11.7. The van der Waals surface area contributed by atoms with Gasteiger partial charge in [-0.25, -0.2) is 0 Å². The molecule has 4 heteroatoms. The van der Waals surface area contributed by atoms with E-state index in [-0.39, 0.29) is 17.2 Å². The van der Waals surface area contributed by atoms with Gasteiger partial charge in [0, 0.05) is 31.9 Å². The van der Waals surface area contributed by atoms with Crippen molar-refractivity contribution in [3.63, 3.8) is 0 Å². The smallest absolute Gasteiger partial charge is 0.256 e. The van der Waals surface area contributed by atoms with Crippen molar-refractivity contribution in [1.29, 1.82) is 0 Å². The van der Waals surface area contributed by atoms with Gasteiger partial charge in [0.2, 0.25) is 0 Å². The molecule has 0 aromatic heterocycles. The summed E-state index contributed by atoms with van der Waals surface area (Å²) in [5, 5.41) is 0. The molecule has 0 atom stereocenters. The molecular formula is C12H17NO3. The van der Waals surface area contributed by atoms with Crippen LogP contribution < -0.4 is 0 Å². The average Bonchev–Trinajstić information content (AvgIpc) is 2.97. The van der Waals surface area contributed by atoms with Gasteiger partial charge in [0.1, 0.15) is 0 Å². The van der Waals surface area contributed by atoms with Crippen molar-refractivity contribution in [2.45, 2.75) is 26.2 Å². The van der Waals surface area contributed by atoms with E-state index < -0.39 is 0 Å². The first-order valence-corrected chi connectivity index (χ1v) is 5.61. The largest absolute Gasteiger partial charge is 0.385 e. The summed E-state index contributed by atoms with van der Waals surface area (Å²) in [5.74, 6) is -0.292. The molecule has 0 unspecified atom stereocenters. The minimum atomic E-state index is -0.161.